The number of nitrogens with two attached hydrogens (primary N) is 1. The van der Waals surface area contributed by atoms with Crippen LogP contribution in [0.2, 0.25) is 0 Å². The van der Waals surface area contributed by atoms with Gasteiger partial charge >= 0.3 is 0 Å². The second-order valence-electron chi connectivity index (χ2n) is 7.22. The number of carbonyl (C=O) groups is 2. The highest BCUT2D eigenvalue weighted by Crippen LogP contribution is 2.28. The minimum Gasteiger partial charge on any atom is -0.350 e. The number of anilines is 1. The molecule has 130 valence electrons. The fourth-order valence-electron chi connectivity index (χ4n) is 3.78. The summed E-state index contributed by atoms with van der Waals surface area (Å²) in [6.45, 7) is 0.435. The zero-order valence-electron chi connectivity index (χ0n) is 14.1. The van der Waals surface area contributed by atoms with E-state index in [-0.39, 0.29) is 17.7 Å². The maximum atomic E-state index is 12.3. The highest BCUT2D eigenvalue weighted by atomic mass is 16.2. The zero-order chi connectivity index (χ0) is 17.0. The van der Waals surface area contributed by atoms with Crippen molar-refractivity contribution in [3.05, 3.63) is 29.8 Å². The maximum Gasteiger partial charge on any atom is 0.240 e. The van der Waals surface area contributed by atoms with Gasteiger partial charge in [-0.15, -0.1) is 0 Å². The summed E-state index contributed by atoms with van der Waals surface area (Å²) >= 11 is 0. The second-order valence-corrected chi connectivity index (χ2v) is 7.22. The highest BCUT2D eigenvalue weighted by molar-refractivity contribution is 5.92. The monoisotopic (exact) mass is 329 g/mol. The molecule has 5 heteroatoms. The molecule has 0 unspecified atom stereocenters. The molecule has 1 aromatic rings. The van der Waals surface area contributed by atoms with Gasteiger partial charge in [-0.2, -0.15) is 0 Å². The number of hydrogen-bond donors (Lipinski definition) is 3. The lowest BCUT2D eigenvalue weighted by molar-refractivity contribution is -0.126. The van der Waals surface area contributed by atoms with E-state index in [2.05, 4.69) is 10.6 Å². The Morgan fingerprint density at radius 2 is 1.83 bits per heavy atom. The fraction of sp³-hybridized carbons (Fsp3) is 0.579. The molecule has 2 fully saturated rings. The molecule has 0 radical (unpaired) electrons. The Labute approximate surface area is 143 Å². The Hall–Kier alpha value is -1.88. The minimum absolute atomic E-state index is 0.0691. The van der Waals surface area contributed by atoms with Crippen LogP contribution in [0.4, 0.5) is 5.69 Å². The number of rotatable bonds is 5. The molecule has 0 heterocycles. The summed E-state index contributed by atoms with van der Waals surface area (Å²) in [6.07, 6.45) is 7.82. The quantitative estimate of drug-likeness (QED) is 0.776. The van der Waals surface area contributed by atoms with E-state index < -0.39 is 5.54 Å². The molecule has 2 aliphatic rings. The van der Waals surface area contributed by atoms with Crippen molar-refractivity contribution in [1.29, 1.82) is 0 Å². The molecule has 2 aliphatic carbocycles. The molecular weight excluding hydrogens is 302 g/mol. The molecule has 3 rings (SSSR count). The van der Waals surface area contributed by atoms with Gasteiger partial charge in [0.2, 0.25) is 11.8 Å². The predicted molar refractivity (Wildman–Crippen MR) is 94.3 cm³/mol. The van der Waals surface area contributed by atoms with Crippen LogP contribution in [0.5, 0.6) is 0 Å². The Morgan fingerprint density at radius 3 is 2.54 bits per heavy atom. The molecule has 2 amide bonds. The van der Waals surface area contributed by atoms with E-state index in [0.29, 0.717) is 6.54 Å². The number of benzene rings is 1. The first-order chi connectivity index (χ1) is 11.6. The van der Waals surface area contributed by atoms with E-state index in [1.165, 1.54) is 0 Å². The predicted octanol–water partition coefficient (Wildman–Crippen LogP) is 2.70. The van der Waals surface area contributed by atoms with Crippen molar-refractivity contribution in [2.24, 2.45) is 11.7 Å². The zero-order valence-corrected chi connectivity index (χ0v) is 14.1. The average molecular weight is 329 g/mol. The van der Waals surface area contributed by atoms with E-state index >= 15 is 0 Å². The van der Waals surface area contributed by atoms with Crippen LogP contribution in [-0.4, -0.2) is 17.4 Å². The molecule has 0 spiro atoms. The van der Waals surface area contributed by atoms with Gasteiger partial charge in [-0.05, 0) is 43.4 Å². The van der Waals surface area contributed by atoms with Gasteiger partial charge in [0.25, 0.3) is 0 Å². The number of nitrogens with one attached hydrogen (secondary N) is 2. The molecule has 5 nitrogen and oxygen atoms in total. The summed E-state index contributed by atoms with van der Waals surface area (Å²) in [5.41, 5.74) is 7.22. The van der Waals surface area contributed by atoms with Gasteiger partial charge in [-0.25, -0.2) is 0 Å². The second kappa shape index (κ2) is 7.34. The van der Waals surface area contributed by atoms with E-state index in [4.69, 9.17) is 5.73 Å². The van der Waals surface area contributed by atoms with Crippen LogP contribution in [0.3, 0.4) is 0 Å². The van der Waals surface area contributed by atoms with E-state index in [0.717, 1.165) is 62.6 Å². The van der Waals surface area contributed by atoms with Crippen molar-refractivity contribution in [2.45, 2.75) is 63.5 Å². The third-order valence-corrected chi connectivity index (χ3v) is 5.32. The molecule has 24 heavy (non-hydrogen) atoms. The Balaban J connectivity index is 1.55. The molecule has 0 aromatic heterocycles. The first-order valence-electron chi connectivity index (χ1n) is 9.04. The largest absolute Gasteiger partial charge is 0.350 e. The van der Waals surface area contributed by atoms with E-state index in [1.54, 1.807) is 0 Å². The van der Waals surface area contributed by atoms with E-state index in [1.807, 2.05) is 24.3 Å². The first kappa shape index (κ1) is 17.0. The van der Waals surface area contributed by atoms with Crippen LogP contribution in [0.25, 0.3) is 0 Å². The SMILES string of the molecule is NC1(C(=O)NCc2cccc(NC(=O)C3CCCC3)c2)CCCC1. The van der Waals surface area contributed by atoms with Crippen molar-refractivity contribution in [3.63, 3.8) is 0 Å². The molecule has 0 aliphatic heterocycles. The van der Waals surface area contributed by atoms with Crippen molar-refractivity contribution in [2.75, 3.05) is 5.32 Å². The van der Waals surface area contributed by atoms with Gasteiger partial charge in [0.15, 0.2) is 0 Å². The lowest BCUT2D eigenvalue weighted by Crippen LogP contribution is -2.51. The number of carbonyl (C=O) groups excluding carboxylic acids is 2. The van der Waals surface area contributed by atoms with Crippen LogP contribution in [-0.2, 0) is 16.1 Å². The summed E-state index contributed by atoms with van der Waals surface area (Å²) in [5.74, 6) is 0.189. The summed E-state index contributed by atoms with van der Waals surface area (Å²) < 4.78 is 0. The molecule has 0 bridgehead atoms. The lowest BCUT2D eigenvalue weighted by atomic mass is 9.98. The molecule has 0 saturated heterocycles. The number of amides is 2. The van der Waals surface area contributed by atoms with Crippen molar-refractivity contribution in [1.82, 2.24) is 5.32 Å². The Bertz CT molecular complexity index is 602. The van der Waals surface area contributed by atoms with Gasteiger partial charge in [-0.1, -0.05) is 37.8 Å². The van der Waals surface area contributed by atoms with Gasteiger partial charge in [-0.3, -0.25) is 9.59 Å². The topological polar surface area (TPSA) is 84.2 Å². The smallest absolute Gasteiger partial charge is 0.240 e. The van der Waals surface area contributed by atoms with Crippen LogP contribution < -0.4 is 16.4 Å². The van der Waals surface area contributed by atoms with Crippen LogP contribution in [0, 0.1) is 5.92 Å². The van der Waals surface area contributed by atoms with Gasteiger partial charge in [0, 0.05) is 18.2 Å². The number of hydrogen-bond acceptors (Lipinski definition) is 3. The lowest BCUT2D eigenvalue weighted by Gasteiger charge is -2.22. The Kier molecular flexibility index (Phi) is 5.19. The highest BCUT2D eigenvalue weighted by Gasteiger charge is 2.36. The van der Waals surface area contributed by atoms with Crippen LogP contribution in [0.1, 0.15) is 56.9 Å². The summed E-state index contributed by atoms with van der Waals surface area (Å²) in [6, 6.07) is 7.66. The molecule has 0 atom stereocenters. The third kappa shape index (κ3) is 3.96. The summed E-state index contributed by atoms with van der Waals surface area (Å²) in [5, 5.41) is 5.94. The van der Waals surface area contributed by atoms with Crippen LogP contribution >= 0.6 is 0 Å². The normalized spacial score (nSPS) is 20.0. The van der Waals surface area contributed by atoms with Crippen LogP contribution in [0.15, 0.2) is 24.3 Å². The van der Waals surface area contributed by atoms with Gasteiger partial charge in [0.05, 0.1) is 5.54 Å². The third-order valence-electron chi connectivity index (χ3n) is 5.32. The molecule has 2 saturated carbocycles. The molecule has 4 N–H and O–H groups in total. The maximum absolute atomic E-state index is 12.3. The Morgan fingerprint density at radius 1 is 1.12 bits per heavy atom. The fourth-order valence-corrected chi connectivity index (χ4v) is 3.78. The first-order valence-corrected chi connectivity index (χ1v) is 9.04. The standard InChI is InChI=1S/C19H27N3O2/c20-19(10-3-4-11-19)18(24)21-13-14-6-5-9-16(12-14)22-17(23)15-7-1-2-8-15/h5-6,9,12,15H,1-4,7-8,10-11,13,20H2,(H,21,24)(H,22,23). The van der Waals surface area contributed by atoms with Gasteiger partial charge < -0.3 is 16.4 Å². The van der Waals surface area contributed by atoms with E-state index in [9.17, 15) is 9.59 Å². The van der Waals surface area contributed by atoms with Crippen molar-refractivity contribution < 1.29 is 9.59 Å². The van der Waals surface area contributed by atoms with Crippen molar-refractivity contribution in [3.8, 4) is 0 Å². The summed E-state index contributed by atoms with van der Waals surface area (Å²) in [7, 11) is 0. The van der Waals surface area contributed by atoms with Gasteiger partial charge in [0.1, 0.15) is 0 Å². The summed E-state index contributed by atoms with van der Waals surface area (Å²) in [4.78, 5) is 24.5. The minimum atomic E-state index is -0.700. The average Bonchev–Trinajstić information content (AvgIpc) is 3.25. The molecule has 1 aromatic carbocycles. The molecular formula is C19H27N3O2. The van der Waals surface area contributed by atoms with Crippen molar-refractivity contribution >= 4 is 17.5 Å².